The van der Waals surface area contributed by atoms with E-state index in [9.17, 15) is 29.9 Å². The van der Waals surface area contributed by atoms with Crippen LogP contribution in [0.3, 0.4) is 0 Å². The molecule has 2 aromatic rings. The summed E-state index contributed by atoms with van der Waals surface area (Å²) in [5.41, 5.74) is -0.178. The van der Waals surface area contributed by atoms with Crippen LogP contribution in [0.4, 0.5) is 5.69 Å². The molecule has 10 heteroatoms. The van der Waals surface area contributed by atoms with Crippen molar-refractivity contribution in [3.05, 3.63) is 69.3 Å². The number of likely N-dealkylation sites (N-methyl/N-ethyl adjacent to an activating group) is 1. The van der Waals surface area contributed by atoms with Crippen molar-refractivity contribution in [2.24, 2.45) is 0 Å². The molecule has 0 saturated carbocycles. The Balaban J connectivity index is 2.11. The highest BCUT2D eigenvalue weighted by molar-refractivity contribution is 6.46. The Morgan fingerprint density at radius 1 is 1.11 bits per heavy atom. The summed E-state index contributed by atoms with van der Waals surface area (Å²) in [5.74, 6) is -2.00. The highest BCUT2D eigenvalue weighted by Gasteiger charge is 2.46. The zero-order chi connectivity index (χ0) is 26.4. The fraction of sp³-hybridized carbons (Fsp3) is 0.385. The molecule has 0 spiro atoms. The van der Waals surface area contributed by atoms with Crippen molar-refractivity contribution < 1.29 is 29.5 Å². The van der Waals surface area contributed by atoms with Crippen LogP contribution < -0.4 is 4.74 Å². The molecular formula is C26H31N3O7. The number of phenols is 1. The number of ether oxygens (including phenoxy) is 1. The van der Waals surface area contributed by atoms with Crippen LogP contribution in [0.15, 0.2) is 48.0 Å². The molecular weight excluding hydrogens is 466 g/mol. The van der Waals surface area contributed by atoms with Gasteiger partial charge in [-0.1, -0.05) is 26.8 Å². The minimum absolute atomic E-state index is 0.165. The number of aliphatic hydroxyl groups excluding tert-OH is 1. The molecule has 1 amide bonds. The summed E-state index contributed by atoms with van der Waals surface area (Å²) in [5, 5.41) is 32.6. The summed E-state index contributed by atoms with van der Waals surface area (Å²) >= 11 is 0. The number of likely N-dealkylation sites (tertiary alicyclic amines) is 1. The molecule has 192 valence electrons. The second-order valence-electron chi connectivity index (χ2n) is 8.40. The average Bonchev–Trinajstić information content (AvgIpc) is 3.13. The standard InChI is InChI=1S/C26H31N3O7/c1-4-15-36-19-10-7-17(8-11-19)24(31)22-23(18-9-12-21(30)20(16-18)29(34)35)28(26(33)25(22)32)14-13-27(5-2)6-3/h7-12,16,23,30-31H,4-6,13-15H2,1-3H3/b24-22-. The maximum absolute atomic E-state index is 13.2. The van der Waals surface area contributed by atoms with Crippen LogP contribution in [0.2, 0.25) is 0 Å². The quantitative estimate of drug-likeness (QED) is 0.157. The Kier molecular flexibility index (Phi) is 8.65. The zero-order valence-corrected chi connectivity index (χ0v) is 20.6. The van der Waals surface area contributed by atoms with E-state index in [2.05, 4.69) is 4.90 Å². The molecule has 1 unspecified atom stereocenters. The van der Waals surface area contributed by atoms with Gasteiger partial charge in [-0.15, -0.1) is 0 Å². The zero-order valence-electron chi connectivity index (χ0n) is 20.6. The van der Waals surface area contributed by atoms with Gasteiger partial charge in [0.1, 0.15) is 11.5 Å². The van der Waals surface area contributed by atoms with Gasteiger partial charge in [-0.25, -0.2) is 0 Å². The van der Waals surface area contributed by atoms with E-state index in [4.69, 9.17) is 4.74 Å². The second kappa shape index (κ2) is 11.7. The van der Waals surface area contributed by atoms with Crippen molar-refractivity contribution in [3.63, 3.8) is 0 Å². The average molecular weight is 498 g/mol. The molecule has 1 atom stereocenters. The van der Waals surface area contributed by atoms with Gasteiger partial charge in [0.05, 0.1) is 23.1 Å². The van der Waals surface area contributed by atoms with E-state index in [0.29, 0.717) is 24.5 Å². The van der Waals surface area contributed by atoms with E-state index in [1.54, 1.807) is 24.3 Å². The fourth-order valence-electron chi connectivity index (χ4n) is 4.19. The normalized spacial score (nSPS) is 17.1. The van der Waals surface area contributed by atoms with E-state index >= 15 is 0 Å². The lowest BCUT2D eigenvalue weighted by Gasteiger charge is -2.28. The summed E-state index contributed by atoms with van der Waals surface area (Å²) in [6, 6.07) is 9.11. The molecule has 1 heterocycles. The summed E-state index contributed by atoms with van der Waals surface area (Å²) in [4.78, 5) is 40.4. The maximum Gasteiger partial charge on any atom is 0.311 e. The molecule has 0 bridgehead atoms. The van der Waals surface area contributed by atoms with E-state index in [1.165, 1.54) is 11.0 Å². The van der Waals surface area contributed by atoms with Crippen LogP contribution >= 0.6 is 0 Å². The Hall–Kier alpha value is -3.92. The monoisotopic (exact) mass is 497 g/mol. The van der Waals surface area contributed by atoms with Gasteiger partial charge in [-0.3, -0.25) is 19.7 Å². The molecule has 0 radical (unpaired) electrons. The molecule has 1 saturated heterocycles. The van der Waals surface area contributed by atoms with Gasteiger partial charge in [-0.2, -0.15) is 0 Å². The van der Waals surface area contributed by atoms with Gasteiger partial charge >= 0.3 is 5.69 Å². The lowest BCUT2D eigenvalue weighted by molar-refractivity contribution is -0.385. The Morgan fingerprint density at radius 2 is 1.78 bits per heavy atom. The van der Waals surface area contributed by atoms with E-state index < -0.39 is 34.1 Å². The number of carbonyl (C=O) groups is 2. The van der Waals surface area contributed by atoms with Gasteiger partial charge in [0.2, 0.25) is 0 Å². The maximum atomic E-state index is 13.2. The molecule has 1 aliphatic rings. The van der Waals surface area contributed by atoms with Crippen molar-refractivity contribution in [2.75, 3.05) is 32.8 Å². The third kappa shape index (κ3) is 5.49. The lowest BCUT2D eigenvalue weighted by Crippen LogP contribution is -2.38. The first-order valence-electron chi connectivity index (χ1n) is 11.9. The Labute approximate surface area is 209 Å². The topological polar surface area (TPSA) is 133 Å². The minimum atomic E-state index is -1.06. The van der Waals surface area contributed by atoms with E-state index in [1.807, 2.05) is 20.8 Å². The summed E-state index contributed by atoms with van der Waals surface area (Å²) in [7, 11) is 0. The first-order valence-corrected chi connectivity index (χ1v) is 11.9. The number of nitrogens with zero attached hydrogens (tertiary/aromatic N) is 3. The first kappa shape index (κ1) is 26.7. The summed E-state index contributed by atoms with van der Waals surface area (Å²) < 4.78 is 5.56. The molecule has 0 aromatic heterocycles. The van der Waals surface area contributed by atoms with Crippen molar-refractivity contribution in [1.29, 1.82) is 0 Å². The highest BCUT2D eigenvalue weighted by Crippen LogP contribution is 2.41. The molecule has 0 aliphatic carbocycles. The highest BCUT2D eigenvalue weighted by atomic mass is 16.6. The van der Waals surface area contributed by atoms with Crippen molar-refractivity contribution in [1.82, 2.24) is 9.80 Å². The number of nitro groups is 1. The van der Waals surface area contributed by atoms with Crippen LogP contribution in [-0.2, 0) is 9.59 Å². The van der Waals surface area contributed by atoms with E-state index in [-0.39, 0.29) is 23.4 Å². The Bertz CT molecular complexity index is 1160. The fourth-order valence-corrected chi connectivity index (χ4v) is 4.19. The number of ketones is 1. The molecule has 2 N–H and O–H groups in total. The van der Waals surface area contributed by atoms with Crippen LogP contribution in [0, 0.1) is 10.1 Å². The number of rotatable bonds is 11. The third-order valence-electron chi connectivity index (χ3n) is 6.20. The van der Waals surface area contributed by atoms with E-state index in [0.717, 1.165) is 31.6 Å². The molecule has 1 aliphatic heterocycles. The number of hydrogen-bond acceptors (Lipinski definition) is 8. The number of aromatic hydroxyl groups is 1. The number of amides is 1. The smallest absolute Gasteiger partial charge is 0.311 e. The number of phenolic OH excluding ortho intramolecular Hbond substituents is 1. The van der Waals surface area contributed by atoms with Gasteiger partial charge < -0.3 is 24.7 Å². The SMILES string of the molecule is CCCOc1ccc(/C(O)=C2/C(=O)C(=O)N(CCN(CC)CC)C2c2ccc(O)c([N+](=O)[O-])c2)cc1. The molecule has 3 rings (SSSR count). The summed E-state index contributed by atoms with van der Waals surface area (Å²) in [6.07, 6.45) is 0.831. The van der Waals surface area contributed by atoms with Crippen LogP contribution in [0.1, 0.15) is 44.4 Å². The lowest BCUT2D eigenvalue weighted by atomic mass is 9.94. The molecule has 2 aromatic carbocycles. The number of Topliss-reactive ketones (excluding diaryl/α,β-unsaturated/α-hetero) is 1. The molecule has 36 heavy (non-hydrogen) atoms. The van der Waals surface area contributed by atoms with Crippen molar-refractivity contribution >= 4 is 23.1 Å². The van der Waals surface area contributed by atoms with Crippen LogP contribution in [0.5, 0.6) is 11.5 Å². The largest absolute Gasteiger partial charge is 0.507 e. The summed E-state index contributed by atoms with van der Waals surface area (Å²) in [6.45, 7) is 8.59. The van der Waals surface area contributed by atoms with Gasteiger partial charge in [0, 0.05) is 24.7 Å². The first-order chi connectivity index (χ1) is 17.2. The number of hydrogen-bond donors (Lipinski definition) is 2. The number of benzene rings is 2. The van der Waals surface area contributed by atoms with Crippen molar-refractivity contribution in [2.45, 2.75) is 33.2 Å². The number of aliphatic hydroxyl groups is 1. The van der Waals surface area contributed by atoms with Crippen molar-refractivity contribution in [3.8, 4) is 11.5 Å². The number of carbonyl (C=O) groups excluding carboxylic acids is 2. The van der Waals surface area contributed by atoms with Crippen LogP contribution in [-0.4, -0.2) is 69.4 Å². The Morgan fingerprint density at radius 3 is 2.36 bits per heavy atom. The molecule has 1 fully saturated rings. The van der Waals surface area contributed by atoms with Crippen LogP contribution in [0.25, 0.3) is 5.76 Å². The van der Waals surface area contributed by atoms with Gasteiger partial charge in [0.15, 0.2) is 5.75 Å². The number of nitro benzene ring substituents is 1. The third-order valence-corrected chi connectivity index (χ3v) is 6.20. The predicted octanol–water partition coefficient (Wildman–Crippen LogP) is 3.85. The minimum Gasteiger partial charge on any atom is -0.507 e. The van der Waals surface area contributed by atoms with Gasteiger partial charge in [0.25, 0.3) is 11.7 Å². The predicted molar refractivity (Wildman–Crippen MR) is 134 cm³/mol. The second-order valence-corrected chi connectivity index (χ2v) is 8.40. The van der Waals surface area contributed by atoms with Gasteiger partial charge in [-0.05, 0) is 55.4 Å². The molecule has 10 nitrogen and oxygen atoms in total.